The smallest absolute Gasteiger partial charge is 0.411 e. The number of hydrogen-bond donors (Lipinski definition) is 1. The summed E-state index contributed by atoms with van der Waals surface area (Å²) in [7, 11) is -0.594. The molecule has 2 aromatic carbocycles. The summed E-state index contributed by atoms with van der Waals surface area (Å²) in [5, 5.41) is 9.76. The molecular weight excluding hydrogens is 430 g/mol. The molecule has 1 N–H and O–H groups in total. The van der Waals surface area contributed by atoms with Crippen LogP contribution in [-0.4, -0.2) is 56.5 Å². The number of rotatable bonds is 5. The fourth-order valence-electron chi connectivity index (χ4n) is 3.84. The van der Waals surface area contributed by atoms with Crippen molar-refractivity contribution in [1.82, 2.24) is 4.31 Å². The van der Waals surface area contributed by atoms with Crippen LogP contribution in [0.15, 0.2) is 47.4 Å². The van der Waals surface area contributed by atoms with Crippen molar-refractivity contribution < 1.29 is 23.1 Å². The second-order valence-corrected chi connectivity index (χ2v) is 10.8. The molecule has 172 valence electrons. The maximum atomic E-state index is 12.9. The molecule has 0 radical (unpaired) electrons. The molecule has 0 aromatic heterocycles. The maximum absolute atomic E-state index is 12.9. The molecule has 9 heteroatoms. The third-order valence-corrected chi connectivity index (χ3v) is 7.29. The minimum absolute atomic E-state index is 0.0372. The van der Waals surface area contributed by atoms with E-state index in [2.05, 4.69) is 0 Å². The molecule has 8 nitrogen and oxygen atoms in total. The van der Waals surface area contributed by atoms with Crippen molar-refractivity contribution in [3.05, 3.63) is 42.5 Å². The number of benzene rings is 2. The lowest BCUT2D eigenvalue weighted by Crippen LogP contribution is -2.51. The molecule has 0 bridgehead atoms. The average molecular weight is 460 g/mol. The molecule has 0 saturated heterocycles. The number of amides is 2. The lowest BCUT2D eigenvalue weighted by Gasteiger charge is -2.40. The molecular formula is C23H29N3O5S. The summed E-state index contributed by atoms with van der Waals surface area (Å²) in [6.07, 6.45) is -0.709. The van der Waals surface area contributed by atoms with Crippen molar-refractivity contribution in [3.8, 4) is 11.1 Å². The number of anilines is 2. The quantitative estimate of drug-likeness (QED) is 0.732. The summed E-state index contributed by atoms with van der Waals surface area (Å²) >= 11 is 0. The Balaban J connectivity index is 2.05. The molecule has 1 atom stereocenters. The number of sulfonamides is 1. The van der Waals surface area contributed by atoms with E-state index >= 15 is 0 Å². The second kappa shape index (κ2) is 8.91. The lowest BCUT2D eigenvalue weighted by molar-refractivity contribution is -0.119. The van der Waals surface area contributed by atoms with Gasteiger partial charge in [0.05, 0.1) is 22.3 Å². The van der Waals surface area contributed by atoms with Crippen LogP contribution >= 0.6 is 0 Å². The fourth-order valence-corrected chi connectivity index (χ4v) is 4.75. The van der Waals surface area contributed by atoms with E-state index in [4.69, 9.17) is 0 Å². The van der Waals surface area contributed by atoms with Crippen molar-refractivity contribution >= 4 is 33.4 Å². The highest BCUT2D eigenvalue weighted by molar-refractivity contribution is 7.89. The summed E-state index contributed by atoms with van der Waals surface area (Å²) in [5.41, 5.74) is 2.48. The van der Waals surface area contributed by atoms with Crippen LogP contribution in [0.25, 0.3) is 11.1 Å². The molecule has 0 fully saturated rings. The van der Waals surface area contributed by atoms with Gasteiger partial charge in [-0.25, -0.2) is 17.5 Å². The summed E-state index contributed by atoms with van der Waals surface area (Å²) in [6.45, 7) is 5.96. The highest BCUT2D eigenvalue weighted by Gasteiger charge is 2.35. The van der Waals surface area contributed by atoms with E-state index in [9.17, 15) is 23.1 Å². The Bertz CT molecular complexity index is 1130. The Morgan fingerprint density at radius 1 is 1.06 bits per heavy atom. The topological polar surface area (TPSA) is 98.2 Å². The molecule has 1 heterocycles. The van der Waals surface area contributed by atoms with E-state index in [-0.39, 0.29) is 29.3 Å². The first-order valence-electron chi connectivity index (χ1n) is 10.4. The monoisotopic (exact) mass is 459 g/mol. The van der Waals surface area contributed by atoms with Crippen LogP contribution in [0.5, 0.6) is 0 Å². The van der Waals surface area contributed by atoms with Crippen molar-refractivity contribution in [2.45, 2.75) is 38.1 Å². The number of nitrogens with zero attached hydrogens (tertiary/aromatic N) is 3. The number of carbonyl (C=O) groups is 2. The van der Waals surface area contributed by atoms with Crippen LogP contribution in [0.2, 0.25) is 0 Å². The van der Waals surface area contributed by atoms with Gasteiger partial charge < -0.3 is 10.0 Å². The zero-order valence-electron chi connectivity index (χ0n) is 18.9. The molecule has 0 unspecified atom stereocenters. The molecule has 2 amide bonds. The van der Waals surface area contributed by atoms with Crippen LogP contribution in [0.4, 0.5) is 16.2 Å². The van der Waals surface area contributed by atoms with Crippen LogP contribution in [-0.2, 0) is 14.8 Å². The zero-order chi connectivity index (χ0) is 23.8. The summed E-state index contributed by atoms with van der Waals surface area (Å²) in [5.74, 6) is 0.150. The van der Waals surface area contributed by atoms with Gasteiger partial charge >= 0.3 is 6.09 Å². The van der Waals surface area contributed by atoms with Gasteiger partial charge in [0.1, 0.15) is 0 Å². The highest BCUT2D eigenvalue weighted by Crippen LogP contribution is 2.39. The minimum atomic E-state index is -3.54. The Morgan fingerprint density at radius 2 is 1.66 bits per heavy atom. The average Bonchev–Trinajstić information content (AvgIpc) is 2.72. The van der Waals surface area contributed by atoms with Gasteiger partial charge in [-0.05, 0) is 48.2 Å². The van der Waals surface area contributed by atoms with Gasteiger partial charge in [0.15, 0.2) is 0 Å². The molecule has 1 aliphatic heterocycles. The molecule has 0 saturated carbocycles. The Labute approximate surface area is 189 Å². The first-order valence-corrected chi connectivity index (χ1v) is 11.9. The van der Waals surface area contributed by atoms with Gasteiger partial charge in [-0.3, -0.25) is 9.69 Å². The molecule has 1 aliphatic rings. The summed E-state index contributed by atoms with van der Waals surface area (Å²) in [4.78, 5) is 28.0. The van der Waals surface area contributed by atoms with Gasteiger partial charge in [0.2, 0.25) is 15.9 Å². The number of carboxylic acid groups (broad SMARTS) is 1. The van der Waals surface area contributed by atoms with E-state index in [1.807, 2.05) is 26.8 Å². The molecule has 0 spiro atoms. The van der Waals surface area contributed by atoms with Crippen LogP contribution in [0, 0.1) is 5.92 Å². The first-order chi connectivity index (χ1) is 14.9. The zero-order valence-corrected chi connectivity index (χ0v) is 19.8. The SMILES string of the molecule is CC(C)CC(=O)N1c2ccc(-c3ccc(S(=O)(=O)N(C)C)cc3)cc2N(C(=O)O)C[C@@H]1C. The van der Waals surface area contributed by atoms with Gasteiger partial charge in [-0.15, -0.1) is 0 Å². The van der Waals surface area contributed by atoms with Crippen LogP contribution < -0.4 is 9.80 Å². The molecule has 32 heavy (non-hydrogen) atoms. The predicted octanol–water partition coefficient (Wildman–Crippen LogP) is 3.87. The van der Waals surface area contributed by atoms with E-state index in [0.717, 1.165) is 15.4 Å². The van der Waals surface area contributed by atoms with E-state index in [1.165, 1.54) is 31.1 Å². The van der Waals surface area contributed by atoms with E-state index in [0.29, 0.717) is 17.8 Å². The highest BCUT2D eigenvalue weighted by atomic mass is 32.2. The Hall–Kier alpha value is -2.91. The van der Waals surface area contributed by atoms with Crippen molar-refractivity contribution in [2.75, 3.05) is 30.4 Å². The van der Waals surface area contributed by atoms with Gasteiger partial charge in [-0.2, -0.15) is 0 Å². The second-order valence-electron chi connectivity index (χ2n) is 8.62. The third-order valence-electron chi connectivity index (χ3n) is 5.46. The normalized spacial score (nSPS) is 16.4. The largest absolute Gasteiger partial charge is 0.465 e. The molecule has 0 aliphatic carbocycles. The van der Waals surface area contributed by atoms with Gasteiger partial charge in [0.25, 0.3) is 0 Å². The standard InChI is InChI=1S/C23H29N3O5S/c1-15(2)12-22(27)26-16(3)14-25(23(28)29)21-13-18(8-11-20(21)26)17-6-9-19(10-7-17)32(30,31)24(4)5/h6-11,13,15-16H,12,14H2,1-5H3,(H,28,29)/t16-/m0/s1. The van der Waals surface area contributed by atoms with Crippen molar-refractivity contribution in [1.29, 1.82) is 0 Å². The summed E-state index contributed by atoms with van der Waals surface area (Å²) < 4.78 is 25.8. The lowest BCUT2D eigenvalue weighted by atomic mass is 10.00. The van der Waals surface area contributed by atoms with Crippen LogP contribution in [0.1, 0.15) is 27.2 Å². The van der Waals surface area contributed by atoms with Crippen LogP contribution in [0.3, 0.4) is 0 Å². The van der Waals surface area contributed by atoms with E-state index in [1.54, 1.807) is 29.2 Å². The predicted molar refractivity (Wildman–Crippen MR) is 125 cm³/mol. The minimum Gasteiger partial charge on any atom is -0.465 e. The summed E-state index contributed by atoms with van der Waals surface area (Å²) in [6, 6.07) is 11.5. The Kier molecular flexibility index (Phi) is 6.61. The van der Waals surface area contributed by atoms with Gasteiger partial charge in [-0.1, -0.05) is 32.0 Å². The number of fused-ring (bicyclic) bond motifs is 1. The number of carbonyl (C=O) groups excluding carboxylic acids is 1. The molecule has 2 aromatic rings. The maximum Gasteiger partial charge on any atom is 0.411 e. The van der Waals surface area contributed by atoms with Crippen molar-refractivity contribution in [2.24, 2.45) is 5.92 Å². The fraction of sp³-hybridized carbons (Fsp3) is 0.391. The Morgan fingerprint density at radius 3 is 2.19 bits per heavy atom. The van der Waals surface area contributed by atoms with E-state index < -0.39 is 16.1 Å². The number of hydrogen-bond acceptors (Lipinski definition) is 4. The molecule has 3 rings (SSSR count). The van der Waals surface area contributed by atoms with Gasteiger partial charge in [0, 0.05) is 27.1 Å². The van der Waals surface area contributed by atoms with Crippen molar-refractivity contribution in [3.63, 3.8) is 0 Å². The first kappa shape index (κ1) is 23.7. The third kappa shape index (κ3) is 4.49.